The fourth-order valence-electron chi connectivity index (χ4n) is 4.12. The third kappa shape index (κ3) is 1.72. The molecule has 0 amide bonds. The Morgan fingerprint density at radius 3 is 3.00 bits per heavy atom. The van der Waals surface area contributed by atoms with Crippen LogP contribution < -0.4 is 0 Å². The molecule has 23 heavy (non-hydrogen) atoms. The summed E-state index contributed by atoms with van der Waals surface area (Å²) in [4.78, 5) is 4.30. The molecule has 116 valence electrons. The van der Waals surface area contributed by atoms with E-state index < -0.39 is 6.10 Å². The number of nitrogens with zero attached hydrogens (tertiary/aromatic N) is 4. The third-order valence-corrected chi connectivity index (χ3v) is 5.41. The Kier molecular flexibility index (Phi) is 2.72. The van der Waals surface area contributed by atoms with E-state index in [1.54, 1.807) is 6.20 Å². The summed E-state index contributed by atoms with van der Waals surface area (Å²) >= 11 is 6.24. The lowest BCUT2D eigenvalue weighted by molar-refractivity contribution is 0.0526. The molecule has 6 heteroatoms. The van der Waals surface area contributed by atoms with E-state index in [4.69, 9.17) is 11.6 Å². The van der Waals surface area contributed by atoms with Gasteiger partial charge in [0.1, 0.15) is 6.10 Å². The molecule has 0 unspecified atom stereocenters. The molecule has 0 bridgehead atoms. The second kappa shape index (κ2) is 4.69. The van der Waals surface area contributed by atoms with Crippen LogP contribution in [-0.2, 0) is 6.54 Å². The highest BCUT2D eigenvalue weighted by Crippen LogP contribution is 2.49. The number of rotatable bonds is 1. The molecule has 4 heterocycles. The van der Waals surface area contributed by atoms with Gasteiger partial charge in [0.2, 0.25) is 0 Å². The van der Waals surface area contributed by atoms with Gasteiger partial charge in [-0.05, 0) is 12.0 Å². The van der Waals surface area contributed by atoms with E-state index in [1.165, 1.54) is 11.1 Å². The van der Waals surface area contributed by atoms with Gasteiger partial charge in [-0.1, -0.05) is 35.9 Å². The van der Waals surface area contributed by atoms with E-state index in [2.05, 4.69) is 32.8 Å². The molecule has 3 aromatic rings. The molecule has 0 saturated heterocycles. The van der Waals surface area contributed by atoms with Crippen LogP contribution in [0.4, 0.5) is 0 Å². The SMILES string of the molecule is O[C@H]1c2c(Cl)cnn2CC[C@@H]1[C@@H]1c2ccccc2-c2cncn21. The van der Waals surface area contributed by atoms with Gasteiger partial charge in [0.25, 0.3) is 0 Å². The number of aryl methyl sites for hydroxylation is 1. The highest BCUT2D eigenvalue weighted by Gasteiger charge is 2.41. The summed E-state index contributed by atoms with van der Waals surface area (Å²) in [5.41, 5.74) is 4.29. The van der Waals surface area contributed by atoms with Crippen LogP contribution in [0.25, 0.3) is 11.3 Å². The summed E-state index contributed by atoms with van der Waals surface area (Å²) in [5.74, 6) is 0.0494. The summed E-state index contributed by atoms with van der Waals surface area (Å²) in [5, 5.41) is 15.8. The zero-order valence-corrected chi connectivity index (χ0v) is 13.1. The second-order valence-corrected chi connectivity index (χ2v) is 6.62. The maximum absolute atomic E-state index is 11.0. The van der Waals surface area contributed by atoms with Gasteiger partial charge in [-0.25, -0.2) is 4.98 Å². The zero-order chi connectivity index (χ0) is 15.6. The highest BCUT2D eigenvalue weighted by atomic mass is 35.5. The minimum Gasteiger partial charge on any atom is -0.386 e. The van der Waals surface area contributed by atoms with E-state index in [9.17, 15) is 5.11 Å². The second-order valence-electron chi connectivity index (χ2n) is 6.22. The Bertz CT molecular complexity index is 900. The molecule has 1 aromatic carbocycles. The van der Waals surface area contributed by atoms with E-state index in [-0.39, 0.29) is 12.0 Å². The van der Waals surface area contributed by atoms with Crippen LogP contribution in [0.5, 0.6) is 0 Å². The van der Waals surface area contributed by atoms with Gasteiger partial charge in [-0.3, -0.25) is 4.68 Å². The topological polar surface area (TPSA) is 55.9 Å². The third-order valence-electron chi connectivity index (χ3n) is 5.12. The predicted octanol–water partition coefficient (Wildman–Crippen LogP) is 3.06. The smallest absolute Gasteiger partial charge is 0.102 e. The van der Waals surface area contributed by atoms with Crippen molar-refractivity contribution in [1.29, 1.82) is 0 Å². The lowest BCUT2D eigenvalue weighted by Gasteiger charge is -2.34. The van der Waals surface area contributed by atoms with Crippen molar-refractivity contribution in [2.75, 3.05) is 0 Å². The van der Waals surface area contributed by atoms with Crippen LogP contribution in [0.1, 0.15) is 29.8 Å². The maximum atomic E-state index is 11.0. The quantitative estimate of drug-likeness (QED) is 0.747. The lowest BCUT2D eigenvalue weighted by Crippen LogP contribution is -2.31. The van der Waals surface area contributed by atoms with E-state index in [0.29, 0.717) is 5.02 Å². The van der Waals surface area contributed by atoms with Crippen LogP contribution in [0.2, 0.25) is 5.02 Å². The van der Waals surface area contributed by atoms with E-state index in [0.717, 1.165) is 24.4 Å². The fourth-order valence-corrected chi connectivity index (χ4v) is 4.37. The van der Waals surface area contributed by atoms with E-state index in [1.807, 2.05) is 23.3 Å². The maximum Gasteiger partial charge on any atom is 0.102 e. The van der Waals surface area contributed by atoms with Crippen LogP contribution in [0.3, 0.4) is 0 Å². The average molecular weight is 327 g/mol. The molecular weight excluding hydrogens is 312 g/mol. The number of aliphatic hydroxyl groups excluding tert-OH is 1. The normalized spacial score (nSPS) is 25.0. The number of halogens is 1. The fraction of sp³-hybridized carbons (Fsp3) is 0.294. The Labute approximate surface area is 138 Å². The molecule has 1 N–H and O–H groups in total. The van der Waals surface area contributed by atoms with Crippen LogP contribution in [0, 0.1) is 5.92 Å². The molecule has 3 atom stereocenters. The molecule has 0 radical (unpaired) electrons. The van der Waals surface area contributed by atoms with Crippen molar-refractivity contribution in [3.8, 4) is 11.3 Å². The minimum atomic E-state index is -0.634. The Morgan fingerprint density at radius 2 is 2.09 bits per heavy atom. The number of aromatic nitrogens is 4. The summed E-state index contributed by atoms with van der Waals surface area (Å²) in [6.45, 7) is 0.770. The average Bonchev–Trinajstić information content (AvgIpc) is 3.23. The first-order valence-corrected chi connectivity index (χ1v) is 8.14. The lowest BCUT2D eigenvalue weighted by atomic mass is 9.83. The molecular formula is C17H15ClN4O. The largest absolute Gasteiger partial charge is 0.386 e. The molecule has 2 aromatic heterocycles. The Morgan fingerprint density at radius 1 is 1.22 bits per heavy atom. The van der Waals surface area contributed by atoms with Crippen LogP contribution >= 0.6 is 11.6 Å². The van der Waals surface area contributed by atoms with E-state index >= 15 is 0 Å². The monoisotopic (exact) mass is 326 g/mol. The van der Waals surface area contributed by atoms with Gasteiger partial charge in [0.15, 0.2) is 0 Å². The van der Waals surface area contributed by atoms with Crippen LogP contribution in [0.15, 0.2) is 43.0 Å². The summed E-state index contributed by atoms with van der Waals surface area (Å²) in [6, 6.07) is 8.45. The number of aliphatic hydroxyl groups is 1. The van der Waals surface area contributed by atoms with Gasteiger partial charge >= 0.3 is 0 Å². The summed E-state index contributed by atoms with van der Waals surface area (Å²) in [7, 11) is 0. The zero-order valence-electron chi connectivity index (χ0n) is 12.3. The number of benzene rings is 1. The molecule has 0 saturated carbocycles. The minimum absolute atomic E-state index is 0.0494. The Hall–Kier alpha value is -2.11. The molecule has 2 aliphatic heterocycles. The first-order chi connectivity index (χ1) is 11.3. The van der Waals surface area contributed by atoms with Crippen molar-refractivity contribution in [2.24, 2.45) is 5.92 Å². The van der Waals surface area contributed by atoms with Gasteiger partial charge in [0, 0.05) is 18.0 Å². The number of imidazole rings is 1. The first-order valence-electron chi connectivity index (χ1n) is 7.76. The standard InChI is InChI=1S/C17H15ClN4O/c18-13-7-20-22-6-5-12(17(23)16(13)22)15-11-4-2-1-3-10(11)14-8-19-9-21(14)15/h1-4,7-9,12,15,17,23H,5-6H2/t12-,15+,17-/m1/s1. The predicted molar refractivity (Wildman–Crippen MR) is 86.1 cm³/mol. The van der Waals surface area contributed by atoms with Crippen LogP contribution in [-0.4, -0.2) is 24.4 Å². The van der Waals surface area contributed by atoms with Gasteiger partial charge < -0.3 is 9.67 Å². The van der Waals surface area contributed by atoms with Crippen molar-refractivity contribution in [1.82, 2.24) is 19.3 Å². The summed E-state index contributed by atoms with van der Waals surface area (Å²) in [6.07, 6.45) is 5.59. The van der Waals surface area contributed by atoms with Crippen molar-refractivity contribution < 1.29 is 5.11 Å². The highest BCUT2D eigenvalue weighted by molar-refractivity contribution is 6.31. The molecule has 0 fully saturated rings. The molecule has 2 aliphatic rings. The molecule has 5 nitrogen and oxygen atoms in total. The number of hydrogen-bond donors (Lipinski definition) is 1. The van der Waals surface area contributed by atoms with Crippen molar-refractivity contribution in [3.05, 3.63) is 59.3 Å². The number of hydrogen-bond acceptors (Lipinski definition) is 3. The Balaban J connectivity index is 1.65. The summed E-state index contributed by atoms with van der Waals surface area (Å²) < 4.78 is 4.00. The van der Waals surface area contributed by atoms with Crippen molar-refractivity contribution >= 4 is 11.6 Å². The number of fused-ring (bicyclic) bond motifs is 4. The van der Waals surface area contributed by atoms with Gasteiger partial charge in [0.05, 0.1) is 41.2 Å². The molecule has 5 rings (SSSR count). The van der Waals surface area contributed by atoms with Crippen molar-refractivity contribution in [2.45, 2.75) is 25.1 Å². The first kappa shape index (κ1) is 13.3. The van der Waals surface area contributed by atoms with Gasteiger partial charge in [-0.2, -0.15) is 5.10 Å². The van der Waals surface area contributed by atoms with Gasteiger partial charge in [-0.15, -0.1) is 0 Å². The molecule has 0 aliphatic carbocycles. The molecule has 0 spiro atoms. The van der Waals surface area contributed by atoms with Crippen molar-refractivity contribution in [3.63, 3.8) is 0 Å².